The molecule has 0 aromatic heterocycles. The number of allylic oxidation sites excluding steroid dienone is 1. The number of hydrogen-bond donors (Lipinski definition) is 0. The molecule has 0 heteroatoms. The minimum Gasteiger partial charge on any atom is -0.0955 e. The highest BCUT2D eigenvalue weighted by Gasteiger charge is 2.25. The van der Waals surface area contributed by atoms with Gasteiger partial charge in [-0.05, 0) is 34.4 Å². The minimum absolute atomic E-state index is 0.175. The number of rotatable bonds is 1. The van der Waals surface area contributed by atoms with Crippen LogP contribution in [0.4, 0.5) is 0 Å². The fourth-order valence-electron chi connectivity index (χ4n) is 2.08. The summed E-state index contributed by atoms with van der Waals surface area (Å²) < 4.78 is 0. The highest BCUT2D eigenvalue weighted by Crippen LogP contribution is 2.35. The molecule has 0 fully saturated rings. The molecule has 0 nitrogen and oxygen atoms in total. The third-order valence-electron chi connectivity index (χ3n) is 3.13. The molecule has 0 saturated heterocycles. The fraction of sp³-hybridized carbons (Fsp3) is 0.529. The van der Waals surface area contributed by atoms with Gasteiger partial charge in [0.2, 0.25) is 0 Å². The first-order chi connectivity index (χ1) is 7.53. The number of hydrogen-bond acceptors (Lipinski definition) is 0. The summed E-state index contributed by atoms with van der Waals surface area (Å²) in [7, 11) is 0. The van der Waals surface area contributed by atoms with Gasteiger partial charge in [-0.1, -0.05) is 71.9 Å². The van der Waals surface area contributed by atoms with Crippen molar-refractivity contribution >= 4 is 5.57 Å². The van der Waals surface area contributed by atoms with Crippen LogP contribution < -0.4 is 0 Å². The Hall–Kier alpha value is -1.04. The molecule has 1 aromatic rings. The lowest BCUT2D eigenvalue weighted by Gasteiger charge is -2.30. The van der Waals surface area contributed by atoms with Crippen molar-refractivity contribution in [1.29, 1.82) is 0 Å². The highest BCUT2D eigenvalue weighted by atomic mass is 14.3. The molecule has 0 saturated carbocycles. The fourth-order valence-corrected chi connectivity index (χ4v) is 2.08. The van der Waals surface area contributed by atoms with Crippen molar-refractivity contribution < 1.29 is 0 Å². The first-order valence-electron chi connectivity index (χ1n) is 6.34. The molecule has 0 aliphatic carbocycles. The molecular weight excluding hydrogens is 204 g/mol. The van der Waals surface area contributed by atoms with E-state index in [0.717, 1.165) is 5.57 Å². The van der Waals surface area contributed by atoms with Gasteiger partial charge in [-0.3, -0.25) is 0 Å². The SMILES string of the molecule is C=C(C)c1ccc(C(C)(C)C)c(C(C)(C)C)c1. The van der Waals surface area contributed by atoms with Gasteiger partial charge in [-0.15, -0.1) is 0 Å². The smallest absolute Gasteiger partial charge is 0.0129 e. The molecule has 0 aliphatic heterocycles. The largest absolute Gasteiger partial charge is 0.0955 e. The Morgan fingerprint density at radius 2 is 1.35 bits per heavy atom. The maximum Gasteiger partial charge on any atom is -0.0129 e. The van der Waals surface area contributed by atoms with Gasteiger partial charge < -0.3 is 0 Å². The molecule has 0 radical (unpaired) electrons. The second kappa shape index (κ2) is 4.33. The van der Waals surface area contributed by atoms with E-state index in [1.165, 1.54) is 16.7 Å². The van der Waals surface area contributed by atoms with E-state index in [1.807, 2.05) is 0 Å². The van der Waals surface area contributed by atoms with E-state index in [4.69, 9.17) is 0 Å². The molecule has 1 aromatic carbocycles. The Kier molecular flexibility index (Phi) is 3.57. The second-order valence-corrected chi connectivity index (χ2v) is 7.04. The van der Waals surface area contributed by atoms with Crippen LogP contribution in [-0.2, 0) is 10.8 Å². The zero-order chi connectivity index (χ0) is 13.4. The monoisotopic (exact) mass is 230 g/mol. The standard InChI is InChI=1S/C17H26/c1-12(2)13-9-10-14(16(3,4)5)15(11-13)17(6,7)8/h9-11H,1H2,2-8H3. The molecule has 0 unspecified atom stereocenters. The van der Waals surface area contributed by atoms with E-state index in [-0.39, 0.29) is 10.8 Å². The van der Waals surface area contributed by atoms with Crippen molar-refractivity contribution in [2.45, 2.75) is 59.3 Å². The van der Waals surface area contributed by atoms with Gasteiger partial charge in [0.15, 0.2) is 0 Å². The highest BCUT2D eigenvalue weighted by molar-refractivity contribution is 5.63. The van der Waals surface area contributed by atoms with Crippen molar-refractivity contribution in [3.63, 3.8) is 0 Å². The first-order valence-corrected chi connectivity index (χ1v) is 6.34. The molecule has 17 heavy (non-hydrogen) atoms. The maximum absolute atomic E-state index is 4.04. The molecule has 0 aliphatic rings. The zero-order valence-electron chi connectivity index (χ0n) is 12.4. The van der Waals surface area contributed by atoms with E-state index in [9.17, 15) is 0 Å². The third-order valence-corrected chi connectivity index (χ3v) is 3.13. The van der Waals surface area contributed by atoms with Gasteiger partial charge in [0, 0.05) is 0 Å². The van der Waals surface area contributed by atoms with Crippen molar-refractivity contribution in [3.05, 3.63) is 41.5 Å². The number of benzene rings is 1. The van der Waals surface area contributed by atoms with E-state index in [0.29, 0.717) is 0 Å². The van der Waals surface area contributed by atoms with Crippen LogP contribution in [0, 0.1) is 0 Å². The first kappa shape index (κ1) is 14.0. The summed E-state index contributed by atoms with van der Waals surface area (Å²) in [5.41, 5.74) is 5.63. The second-order valence-electron chi connectivity index (χ2n) is 7.04. The van der Waals surface area contributed by atoms with E-state index < -0.39 is 0 Å². The topological polar surface area (TPSA) is 0 Å². The molecule has 0 heterocycles. The Morgan fingerprint density at radius 1 is 0.882 bits per heavy atom. The lowest BCUT2D eigenvalue weighted by atomic mass is 9.74. The molecule has 0 spiro atoms. The van der Waals surface area contributed by atoms with Crippen LogP contribution in [0.25, 0.3) is 5.57 Å². The van der Waals surface area contributed by atoms with Crippen LogP contribution in [-0.4, -0.2) is 0 Å². The van der Waals surface area contributed by atoms with E-state index >= 15 is 0 Å². The molecule has 1 rings (SSSR count). The molecule has 0 atom stereocenters. The van der Waals surface area contributed by atoms with Crippen molar-refractivity contribution in [3.8, 4) is 0 Å². The van der Waals surface area contributed by atoms with Crippen molar-refractivity contribution in [1.82, 2.24) is 0 Å². The normalized spacial score (nSPS) is 12.6. The van der Waals surface area contributed by atoms with Gasteiger partial charge in [0.1, 0.15) is 0 Å². The summed E-state index contributed by atoms with van der Waals surface area (Å²) in [5.74, 6) is 0. The quantitative estimate of drug-likeness (QED) is 0.613. The minimum atomic E-state index is 0.175. The van der Waals surface area contributed by atoms with Crippen LogP contribution in [0.15, 0.2) is 24.8 Å². The molecule has 0 N–H and O–H groups in total. The summed E-state index contributed by atoms with van der Waals surface area (Å²) in [6.07, 6.45) is 0. The van der Waals surface area contributed by atoms with Crippen LogP contribution in [0.2, 0.25) is 0 Å². The molecular formula is C17H26. The van der Waals surface area contributed by atoms with Crippen molar-refractivity contribution in [2.75, 3.05) is 0 Å². The van der Waals surface area contributed by atoms with Gasteiger partial charge in [0.05, 0.1) is 0 Å². The molecule has 94 valence electrons. The average Bonchev–Trinajstić information content (AvgIpc) is 2.14. The lowest BCUT2D eigenvalue weighted by Crippen LogP contribution is -2.22. The lowest BCUT2D eigenvalue weighted by molar-refractivity contribution is 0.530. The maximum atomic E-state index is 4.04. The summed E-state index contributed by atoms with van der Waals surface area (Å²) in [5, 5.41) is 0. The molecule has 0 bridgehead atoms. The Morgan fingerprint density at radius 3 is 1.71 bits per heavy atom. The summed E-state index contributed by atoms with van der Waals surface area (Å²) in [6, 6.07) is 6.77. The summed E-state index contributed by atoms with van der Waals surface area (Å²) in [6.45, 7) is 19.8. The Labute approximate surface area is 107 Å². The van der Waals surface area contributed by atoms with Crippen molar-refractivity contribution in [2.24, 2.45) is 0 Å². The van der Waals surface area contributed by atoms with Crippen LogP contribution in [0.1, 0.15) is 65.2 Å². The van der Waals surface area contributed by atoms with Crippen LogP contribution in [0.5, 0.6) is 0 Å². The third kappa shape index (κ3) is 3.21. The summed E-state index contributed by atoms with van der Waals surface area (Å²) in [4.78, 5) is 0. The predicted molar refractivity (Wildman–Crippen MR) is 78.6 cm³/mol. The van der Waals surface area contributed by atoms with Gasteiger partial charge >= 0.3 is 0 Å². The zero-order valence-corrected chi connectivity index (χ0v) is 12.4. The Bertz CT molecular complexity index is 422. The van der Waals surface area contributed by atoms with E-state index in [1.54, 1.807) is 0 Å². The van der Waals surface area contributed by atoms with Gasteiger partial charge in [-0.25, -0.2) is 0 Å². The predicted octanol–water partition coefficient (Wildman–Crippen LogP) is 5.31. The molecule has 0 amide bonds. The van der Waals surface area contributed by atoms with E-state index in [2.05, 4.69) is 73.2 Å². The van der Waals surface area contributed by atoms with Crippen LogP contribution in [0.3, 0.4) is 0 Å². The summed E-state index contributed by atoms with van der Waals surface area (Å²) >= 11 is 0. The van der Waals surface area contributed by atoms with Gasteiger partial charge in [-0.2, -0.15) is 0 Å². The Balaban J connectivity index is 3.49. The average molecular weight is 230 g/mol. The van der Waals surface area contributed by atoms with Gasteiger partial charge in [0.25, 0.3) is 0 Å². The van der Waals surface area contributed by atoms with Crippen LogP contribution >= 0.6 is 0 Å².